The SMILES string of the molecule is CN=C(NCCS(=O)(=O)N1CCSCC1)NC(C)c1cccc(C(F)(F)F)c1.I. The van der Waals surface area contributed by atoms with Gasteiger partial charge in [-0.2, -0.15) is 24.9 Å². The number of hydrogen-bond acceptors (Lipinski definition) is 4. The molecule has 1 aromatic carbocycles. The van der Waals surface area contributed by atoms with Crippen LogP contribution in [0, 0.1) is 0 Å². The molecule has 0 spiro atoms. The summed E-state index contributed by atoms with van der Waals surface area (Å²) in [7, 11) is -1.82. The zero-order valence-corrected chi connectivity index (χ0v) is 20.2. The largest absolute Gasteiger partial charge is 0.416 e. The maximum absolute atomic E-state index is 12.9. The van der Waals surface area contributed by atoms with Crippen LogP contribution in [0.5, 0.6) is 0 Å². The fraction of sp³-hybridized carbons (Fsp3) is 0.588. The number of hydrogen-bond donors (Lipinski definition) is 2. The first-order valence-electron chi connectivity index (χ1n) is 8.83. The molecule has 12 heteroatoms. The van der Waals surface area contributed by atoms with Gasteiger partial charge < -0.3 is 10.6 Å². The molecule has 1 saturated heterocycles. The number of guanidine groups is 1. The van der Waals surface area contributed by atoms with Crippen LogP contribution in [-0.2, 0) is 16.2 Å². The molecule has 1 aliphatic rings. The maximum Gasteiger partial charge on any atom is 0.416 e. The second kappa shape index (κ2) is 11.6. The van der Waals surface area contributed by atoms with E-state index in [4.69, 9.17) is 0 Å². The van der Waals surface area contributed by atoms with Crippen LogP contribution in [0.2, 0.25) is 0 Å². The molecule has 0 aliphatic carbocycles. The third-order valence-corrected chi connectivity index (χ3v) is 7.12. The van der Waals surface area contributed by atoms with Crippen molar-refractivity contribution >= 4 is 51.7 Å². The number of halogens is 4. The van der Waals surface area contributed by atoms with E-state index in [2.05, 4.69) is 15.6 Å². The van der Waals surface area contributed by atoms with Crippen molar-refractivity contribution in [2.24, 2.45) is 4.99 Å². The quantitative estimate of drug-likeness (QED) is 0.315. The van der Waals surface area contributed by atoms with E-state index < -0.39 is 27.8 Å². The molecule has 0 bridgehead atoms. The van der Waals surface area contributed by atoms with Crippen LogP contribution in [0.1, 0.15) is 24.1 Å². The van der Waals surface area contributed by atoms with Crippen molar-refractivity contribution in [2.45, 2.75) is 19.1 Å². The smallest absolute Gasteiger partial charge is 0.355 e. The fourth-order valence-corrected chi connectivity index (χ4v) is 5.21. The van der Waals surface area contributed by atoms with Gasteiger partial charge in [0.1, 0.15) is 0 Å². The molecule has 0 radical (unpaired) electrons. The topological polar surface area (TPSA) is 73.8 Å². The average Bonchev–Trinajstić information content (AvgIpc) is 2.67. The van der Waals surface area contributed by atoms with E-state index in [1.165, 1.54) is 17.4 Å². The second-order valence-corrected chi connectivity index (χ2v) is 9.63. The van der Waals surface area contributed by atoms with E-state index in [0.29, 0.717) is 24.6 Å². The van der Waals surface area contributed by atoms with E-state index in [-0.39, 0.29) is 36.3 Å². The summed E-state index contributed by atoms with van der Waals surface area (Å²) in [6, 6.07) is 4.62. The number of alkyl halides is 3. The summed E-state index contributed by atoms with van der Waals surface area (Å²) in [6.07, 6.45) is -4.41. The van der Waals surface area contributed by atoms with Crippen molar-refractivity contribution in [2.75, 3.05) is 43.9 Å². The number of thioether (sulfide) groups is 1. The van der Waals surface area contributed by atoms with Gasteiger partial charge in [-0.25, -0.2) is 12.7 Å². The fourth-order valence-electron chi connectivity index (χ4n) is 2.72. The van der Waals surface area contributed by atoms with Crippen LogP contribution in [0.25, 0.3) is 0 Å². The third-order valence-electron chi connectivity index (χ3n) is 4.31. The number of aliphatic imine (C=N–C) groups is 1. The molecule has 2 rings (SSSR count). The Morgan fingerprint density at radius 3 is 2.55 bits per heavy atom. The Bertz CT molecular complexity index is 785. The average molecular weight is 566 g/mol. The first-order chi connectivity index (χ1) is 13.1. The summed E-state index contributed by atoms with van der Waals surface area (Å²) >= 11 is 1.73. The summed E-state index contributed by atoms with van der Waals surface area (Å²) in [6.45, 7) is 2.91. The van der Waals surface area contributed by atoms with Crippen LogP contribution in [0.3, 0.4) is 0 Å². The molecule has 1 atom stereocenters. The number of nitrogens with one attached hydrogen (secondary N) is 2. The first-order valence-corrected chi connectivity index (χ1v) is 11.6. The van der Waals surface area contributed by atoms with Crippen molar-refractivity contribution < 1.29 is 21.6 Å². The van der Waals surface area contributed by atoms with E-state index >= 15 is 0 Å². The van der Waals surface area contributed by atoms with Crippen LogP contribution in [-0.4, -0.2) is 62.6 Å². The zero-order valence-electron chi connectivity index (χ0n) is 16.2. The van der Waals surface area contributed by atoms with Gasteiger partial charge in [0, 0.05) is 38.2 Å². The molecule has 1 aliphatic heterocycles. The molecule has 1 aromatic rings. The van der Waals surface area contributed by atoms with Gasteiger partial charge >= 0.3 is 6.18 Å². The lowest BCUT2D eigenvalue weighted by atomic mass is 10.1. The monoisotopic (exact) mass is 566 g/mol. The highest BCUT2D eigenvalue weighted by molar-refractivity contribution is 14.0. The van der Waals surface area contributed by atoms with Gasteiger partial charge in [-0.15, -0.1) is 24.0 Å². The van der Waals surface area contributed by atoms with Gasteiger partial charge in [-0.3, -0.25) is 4.99 Å². The Labute approximate surface area is 191 Å². The molecule has 166 valence electrons. The van der Waals surface area contributed by atoms with Crippen LogP contribution < -0.4 is 10.6 Å². The Balaban J connectivity index is 0.00000420. The molecule has 0 aromatic heterocycles. The Morgan fingerprint density at radius 2 is 1.97 bits per heavy atom. The van der Waals surface area contributed by atoms with Crippen molar-refractivity contribution in [1.82, 2.24) is 14.9 Å². The van der Waals surface area contributed by atoms with Gasteiger partial charge in [0.2, 0.25) is 10.0 Å². The number of benzene rings is 1. The van der Waals surface area contributed by atoms with Gasteiger partial charge in [-0.05, 0) is 24.6 Å². The maximum atomic E-state index is 12.9. The number of rotatable bonds is 6. The van der Waals surface area contributed by atoms with Gasteiger partial charge in [0.15, 0.2) is 5.96 Å². The van der Waals surface area contributed by atoms with Crippen molar-refractivity contribution in [3.63, 3.8) is 0 Å². The highest BCUT2D eigenvalue weighted by atomic mass is 127. The molecular weight excluding hydrogens is 540 g/mol. The predicted octanol–water partition coefficient (Wildman–Crippen LogP) is 2.93. The molecule has 1 heterocycles. The van der Waals surface area contributed by atoms with Gasteiger partial charge in [0.05, 0.1) is 17.4 Å². The molecule has 0 saturated carbocycles. The molecule has 1 fully saturated rings. The first kappa shape index (κ1) is 26.3. The highest BCUT2D eigenvalue weighted by Gasteiger charge is 2.30. The molecule has 29 heavy (non-hydrogen) atoms. The summed E-state index contributed by atoms with van der Waals surface area (Å²) in [5.74, 6) is 1.85. The Hall–Kier alpha value is -0.730. The highest BCUT2D eigenvalue weighted by Crippen LogP contribution is 2.30. The lowest BCUT2D eigenvalue weighted by molar-refractivity contribution is -0.137. The van der Waals surface area contributed by atoms with E-state index in [1.807, 2.05) is 0 Å². The normalized spacial score (nSPS) is 17.3. The van der Waals surface area contributed by atoms with E-state index in [9.17, 15) is 21.6 Å². The number of sulfonamides is 1. The molecule has 0 amide bonds. The van der Waals surface area contributed by atoms with E-state index in [0.717, 1.165) is 23.6 Å². The minimum absolute atomic E-state index is 0. The zero-order chi connectivity index (χ0) is 20.8. The number of nitrogens with zero attached hydrogens (tertiary/aromatic N) is 2. The summed E-state index contributed by atoms with van der Waals surface area (Å²) in [5, 5.41) is 5.90. The second-order valence-electron chi connectivity index (χ2n) is 6.32. The van der Waals surface area contributed by atoms with Crippen LogP contribution >= 0.6 is 35.7 Å². The molecule has 2 N–H and O–H groups in total. The van der Waals surface area contributed by atoms with Crippen LogP contribution in [0.15, 0.2) is 29.3 Å². The standard InChI is InChI=1S/C17H25F3N4O2S2.HI/c1-13(14-4-3-5-15(12-14)17(18,19)20)23-16(21-2)22-6-11-28(25,26)24-7-9-27-10-8-24;/h3-5,12-13H,6-11H2,1-2H3,(H2,21,22,23);1H. The lowest BCUT2D eigenvalue weighted by Crippen LogP contribution is -2.44. The minimum atomic E-state index is -4.41. The van der Waals surface area contributed by atoms with Gasteiger partial charge in [-0.1, -0.05) is 12.1 Å². The minimum Gasteiger partial charge on any atom is -0.355 e. The summed E-state index contributed by atoms with van der Waals surface area (Å²) in [5.41, 5.74) is -0.261. The van der Waals surface area contributed by atoms with Crippen molar-refractivity contribution in [3.05, 3.63) is 35.4 Å². The van der Waals surface area contributed by atoms with E-state index in [1.54, 1.807) is 24.8 Å². The molecular formula is C17H26F3IN4O2S2. The Kier molecular flexibility index (Phi) is 10.5. The third kappa shape index (κ3) is 8.13. The lowest BCUT2D eigenvalue weighted by Gasteiger charge is -2.26. The van der Waals surface area contributed by atoms with Crippen LogP contribution in [0.4, 0.5) is 13.2 Å². The van der Waals surface area contributed by atoms with Gasteiger partial charge in [0.25, 0.3) is 0 Å². The summed E-state index contributed by atoms with van der Waals surface area (Å²) < 4.78 is 64.8. The van der Waals surface area contributed by atoms with Crippen molar-refractivity contribution in [3.8, 4) is 0 Å². The van der Waals surface area contributed by atoms with Crippen molar-refractivity contribution in [1.29, 1.82) is 0 Å². The predicted molar refractivity (Wildman–Crippen MR) is 122 cm³/mol. The molecule has 1 unspecified atom stereocenters. The summed E-state index contributed by atoms with van der Waals surface area (Å²) in [4.78, 5) is 4.02. The Morgan fingerprint density at radius 1 is 1.31 bits per heavy atom. The molecule has 6 nitrogen and oxygen atoms in total.